The highest BCUT2D eigenvalue weighted by Crippen LogP contribution is 2.19. The Morgan fingerprint density at radius 3 is 2.45 bits per heavy atom. The van der Waals surface area contributed by atoms with Gasteiger partial charge in [0.2, 0.25) is 0 Å². The lowest BCUT2D eigenvalue weighted by atomic mass is 10.1. The Kier molecular flexibility index (Phi) is 6.55. The first kappa shape index (κ1) is 17.1. The van der Waals surface area contributed by atoms with Gasteiger partial charge in [-0.25, -0.2) is 4.39 Å². The van der Waals surface area contributed by atoms with Gasteiger partial charge in [-0.05, 0) is 43.2 Å². The van der Waals surface area contributed by atoms with Crippen molar-refractivity contribution in [3.63, 3.8) is 0 Å². The largest absolute Gasteiger partial charge is 0.392 e. The molecule has 2 rings (SSSR count). The van der Waals surface area contributed by atoms with Crippen molar-refractivity contribution in [2.24, 2.45) is 0 Å². The van der Waals surface area contributed by atoms with E-state index in [4.69, 9.17) is 0 Å². The minimum Gasteiger partial charge on any atom is -0.392 e. The van der Waals surface area contributed by atoms with Gasteiger partial charge in [-0.15, -0.1) is 11.3 Å². The van der Waals surface area contributed by atoms with E-state index in [0.717, 1.165) is 31.5 Å². The number of aryl methyl sites for hydroxylation is 1. The molecule has 1 aromatic carbocycles. The van der Waals surface area contributed by atoms with Crippen molar-refractivity contribution in [2.45, 2.75) is 45.9 Å². The highest BCUT2D eigenvalue weighted by atomic mass is 32.1. The molecule has 0 aliphatic rings. The molecule has 0 saturated heterocycles. The molecule has 0 fully saturated rings. The van der Waals surface area contributed by atoms with E-state index in [0.29, 0.717) is 6.54 Å². The topological polar surface area (TPSA) is 23.5 Å². The molecule has 2 nitrogen and oxygen atoms in total. The van der Waals surface area contributed by atoms with Gasteiger partial charge in [0.1, 0.15) is 5.82 Å². The first-order chi connectivity index (χ1) is 10.6. The Bertz CT molecular complexity index is 567. The molecule has 1 N–H and O–H groups in total. The zero-order valence-electron chi connectivity index (χ0n) is 13.3. The number of aliphatic hydroxyl groups excluding tert-OH is 1. The van der Waals surface area contributed by atoms with Gasteiger partial charge in [0.05, 0.1) is 6.10 Å². The van der Waals surface area contributed by atoms with E-state index in [2.05, 4.69) is 30.9 Å². The van der Waals surface area contributed by atoms with E-state index in [1.165, 1.54) is 21.9 Å². The molecule has 0 radical (unpaired) electrons. The number of hydrogen-bond donors (Lipinski definition) is 1. The summed E-state index contributed by atoms with van der Waals surface area (Å²) < 4.78 is 13.0. The lowest BCUT2D eigenvalue weighted by Crippen LogP contribution is -2.31. The van der Waals surface area contributed by atoms with Crippen molar-refractivity contribution in [1.82, 2.24) is 4.90 Å². The summed E-state index contributed by atoms with van der Waals surface area (Å²) in [5.74, 6) is -0.213. The van der Waals surface area contributed by atoms with Gasteiger partial charge in [-0.2, -0.15) is 0 Å². The maximum absolute atomic E-state index is 13.0. The molecule has 2 aromatic rings. The second-order valence-electron chi connectivity index (χ2n) is 5.75. The lowest BCUT2D eigenvalue weighted by Gasteiger charge is -2.24. The van der Waals surface area contributed by atoms with Crippen LogP contribution in [0.2, 0.25) is 0 Å². The Hall–Kier alpha value is -1.23. The van der Waals surface area contributed by atoms with Crippen LogP contribution in [0.5, 0.6) is 0 Å². The number of aliphatic hydroxyl groups is 1. The molecule has 4 heteroatoms. The van der Waals surface area contributed by atoms with Crippen LogP contribution in [0.3, 0.4) is 0 Å². The van der Waals surface area contributed by atoms with Crippen LogP contribution in [0.25, 0.3) is 0 Å². The van der Waals surface area contributed by atoms with Gasteiger partial charge >= 0.3 is 0 Å². The van der Waals surface area contributed by atoms with Crippen molar-refractivity contribution in [1.29, 1.82) is 0 Å². The standard InChI is InChI=1S/C18H24FNOS/c1-3-4-17(21)12-20(13-18-10-5-14(2)22-18)11-15-6-8-16(19)9-7-15/h5-10,17,21H,3-4,11-13H2,1-2H3. The maximum Gasteiger partial charge on any atom is 0.123 e. The van der Waals surface area contributed by atoms with E-state index in [9.17, 15) is 9.50 Å². The molecule has 0 aliphatic heterocycles. The van der Waals surface area contributed by atoms with E-state index >= 15 is 0 Å². The second kappa shape index (κ2) is 8.42. The van der Waals surface area contributed by atoms with Gasteiger partial charge in [0.25, 0.3) is 0 Å². The Morgan fingerprint density at radius 1 is 1.14 bits per heavy atom. The van der Waals surface area contributed by atoms with Crippen molar-refractivity contribution >= 4 is 11.3 Å². The molecular formula is C18H24FNOS. The smallest absolute Gasteiger partial charge is 0.123 e. The summed E-state index contributed by atoms with van der Waals surface area (Å²) in [5, 5.41) is 10.1. The molecular weight excluding hydrogens is 297 g/mol. The number of nitrogens with zero attached hydrogens (tertiary/aromatic N) is 1. The zero-order valence-corrected chi connectivity index (χ0v) is 14.1. The van der Waals surface area contributed by atoms with Crippen molar-refractivity contribution < 1.29 is 9.50 Å². The molecule has 0 amide bonds. The lowest BCUT2D eigenvalue weighted by molar-refractivity contribution is 0.0976. The van der Waals surface area contributed by atoms with Crippen LogP contribution in [0.15, 0.2) is 36.4 Å². The Morgan fingerprint density at radius 2 is 1.86 bits per heavy atom. The van der Waals surface area contributed by atoms with Crippen molar-refractivity contribution in [2.75, 3.05) is 6.54 Å². The molecule has 0 saturated carbocycles. The first-order valence-corrected chi connectivity index (χ1v) is 8.58. The average Bonchev–Trinajstić information content (AvgIpc) is 2.87. The number of thiophene rings is 1. The highest BCUT2D eigenvalue weighted by Gasteiger charge is 2.13. The molecule has 0 spiro atoms. The quantitative estimate of drug-likeness (QED) is 0.781. The third-order valence-corrected chi connectivity index (χ3v) is 4.57. The summed E-state index contributed by atoms with van der Waals surface area (Å²) in [6.07, 6.45) is 1.47. The Balaban J connectivity index is 2.04. The van der Waals surface area contributed by atoms with Crippen LogP contribution in [0, 0.1) is 12.7 Å². The SMILES string of the molecule is CCCC(O)CN(Cc1ccc(F)cc1)Cc1ccc(C)s1. The minimum absolute atomic E-state index is 0.213. The molecule has 1 unspecified atom stereocenters. The first-order valence-electron chi connectivity index (χ1n) is 7.77. The van der Waals surface area contributed by atoms with Gasteiger partial charge in [0.15, 0.2) is 0 Å². The van der Waals surface area contributed by atoms with E-state index in [1.54, 1.807) is 11.3 Å². The van der Waals surface area contributed by atoms with E-state index in [-0.39, 0.29) is 11.9 Å². The zero-order chi connectivity index (χ0) is 15.9. The van der Waals surface area contributed by atoms with Crippen LogP contribution in [-0.4, -0.2) is 22.7 Å². The van der Waals surface area contributed by atoms with Gasteiger partial charge in [0, 0.05) is 29.4 Å². The summed E-state index contributed by atoms with van der Waals surface area (Å²) in [6.45, 7) is 6.36. The highest BCUT2D eigenvalue weighted by molar-refractivity contribution is 7.11. The summed E-state index contributed by atoms with van der Waals surface area (Å²) in [6, 6.07) is 10.9. The number of benzene rings is 1. The number of rotatable bonds is 8. The monoisotopic (exact) mass is 321 g/mol. The van der Waals surface area contributed by atoms with Crippen molar-refractivity contribution in [3.05, 3.63) is 57.5 Å². The third-order valence-electron chi connectivity index (χ3n) is 3.59. The average molecular weight is 321 g/mol. The molecule has 1 heterocycles. The normalized spacial score (nSPS) is 12.8. The van der Waals surface area contributed by atoms with Crippen molar-refractivity contribution in [3.8, 4) is 0 Å². The molecule has 1 atom stereocenters. The summed E-state index contributed by atoms with van der Waals surface area (Å²) >= 11 is 1.79. The fourth-order valence-electron chi connectivity index (χ4n) is 2.55. The van der Waals surface area contributed by atoms with Crippen LogP contribution in [0.1, 0.15) is 35.1 Å². The van der Waals surface area contributed by atoms with Crippen LogP contribution < -0.4 is 0 Å². The molecule has 1 aromatic heterocycles. The second-order valence-corrected chi connectivity index (χ2v) is 7.12. The summed E-state index contributed by atoms with van der Waals surface area (Å²) in [4.78, 5) is 4.83. The summed E-state index contributed by atoms with van der Waals surface area (Å²) in [7, 11) is 0. The predicted molar refractivity (Wildman–Crippen MR) is 90.5 cm³/mol. The molecule has 22 heavy (non-hydrogen) atoms. The minimum atomic E-state index is -0.313. The number of hydrogen-bond acceptors (Lipinski definition) is 3. The van der Waals surface area contributed by atoms with E-state index in [1.807, 2.05) is 12.1 Å². The molecule has 0 aliphatic carbocycles. The van der Waals surface area contributed by atoms with Crippen LogP contribution in [0.4, 0.5) is 4.39 Å². The van der Waals surface area contributed by atoms with Crippen LogP contribution in [-0.2, 0) is 13.1 Å². The van der Waals surface area contributed by atoms with Gasteiger partial charge < -0.3 is 5.11 Å². The number of halogens is 1. The predicted octanol–water partition coefficient (Wildman–Crippen LogP) is 4.36. The Labute approximate surface area is 136 Å². The summed E-state index contributed by atoms with van der Waals surface area (Å²) in [5.41, 5.74) is 1.07. The van der Waals surface area contributed by atoms with Gasteiger partial charge in [-0.3, -0.25) is 4.90 Å². The van der Waals surface area contributed by atoms with Gasteiger partial charge in [-0.1, -0.05) is 25.5 Å². The molecule has 0 bridgehead atoms. The third kappa shape index (κ3) is 5.52. The fourth-order valence-corrected chi connectivity index (χ4v) is 3.48. The fraction of sp³-hybridized carbons (Fsp3) is 0.444. The molecule has 120 valence electrons. The van der Waals surface area contributed by atoms with Crippen LogP contribution >= 0.6 is 11.3 Å². The van der Waals surface area contributed by atoms with E-state index < -0.39 is 0 Å². The maximum atomic E-state index is 13.0.